The summed E-state index contributed by atoms with van der Waals surface area (Å²) in [6, 6.07) is 13.4. The van der Waals surface area contributed by atoms with E-state index in [0.717, 1.165) is 18.6 Å². The average Bonchev–Trinajstić information content (AvgIpc) is 2.67. The molecule has 0 heterocycles. The first kappa shape index (κ1) is 18.1. The molecule has 3 rings (SSSR count). The summed E-state index contributed by atoms with van der Waals surface area (Å²) >= 11 is 0. The van der Waals surface area contributed by atoms with Crippen molar-refractivity contribution in [2.75, 3.05) is 11.9 Å². The van der Waals surface area contributed by atoms with Crippen LogP contribution in [0.1, 0.15) is 30.9 Å². The van der Waals surface area contributed by atoms with Crippen molar-refractivity contribution in [3.05, 3.63) is 66.2 Å². The Labute approximate surface area is 154 Å². The van der Waals surface area contributed by atoms with E-state index in [1.165, 1.54) is 24.0 Å². The summed E-state index contributed by atoms with van der Waals surface area (Å²) in [5, 5.41) is 2.89. The fourth-order valence-electron chi connectivity index (χ4n) is 3.16. The van der Waals surface area contributed by atoms with Crippen LogP contribution in [0, 0.1) is 0 Å². The predicted molar refractivity (Wildman–Crippen MR) is 104 cm³/mol. The number of rotatable bonds is 7. The van der Waals surface area contributed by atoms with Crippen molar-refractivity contribution in [1.82, 2.24) is 0 Å². The molecule has 26 heavy (non-hydrogen) atoms. The number of ether oxygens (including phenoxy) is 2. The first-order valence-electron chi connectivity index (χ1n) is 9.09. The van der Waals surface area contributed by atoms with Crippen molar-refractivity contribution in [2.24, 2.45) is 0 Å². The van der Waals surface area contributed by atoms with Crippen molar-refractivity contribution in [2.45, 2.75) is 38.7 Å². The number of amides is 1. The molecular formula is C22H25NO3. The summed E-state index contributed by atoms with van der Waals surface area (Å²) in [6.45, 7) is 5.83. The van der Waals surface area contributed by atoms with Crippen molar-refractivity contribution in [3.63, 3.8) is 0 Å². The van der Waals surface area contributed by atoms with Crippen LogP contribution in [0.2, 0.25) is 0 Å². The Morgan fingerprint density at radius 2 is 2.04 bits per heavy atom. The maximum Gasteiger partial charge on any atom is 0.265 e. The van der Waals surface area contributed by atoms with Crippen LogP contribution in [0.4, 0.5) is 5.69 Å². The monoisotopic (exact) mass is 351 g/mol. The number of fused-ring (bicyclic) bond motifs is 1. The van der Waals surface area contributed by atoms with Gasteiger partial charge in [-0.05, 0) is 61.9 Å². The Kier molecular flexibility index (Phi) is 5.95. The molecule has 2 aromatic carbocycles. The molecule has 0 aromatic heterocycles. The predicted octanol–water partition coefficient (Wildman–Crippen LogP) is 4.54. The minimum atomic E-state index is -0.582. The molecule has 0 saturated carbocycles. The summed E-state index contributed by atoms with van der Waals surface area (Å²) in [5.41, 5.74) is 3.27. The van der Waals surface area contributed by atoms with Crippen molar-refractivity contribution in [3.8, 4) is 11.5 Å². The van der Waals surface area contributed by atoms with Crippen molar-refractivity contribution in [1.29, 1.82) is 0 Å². The average molecular weight is 351 g/mol. The van der Waals surface area contributed by atoms with E-state index >= 15 is 0 Å². The molecule has 1 aliphatic rings. The van der Waals surface area contributed by atoms with Gasteiger partial charge in [-0.15, -0.1) is 0 Å². The number of benzene rings is 2. The highest BCUT2D eigenvalue weighted by molar-refractivity contribution is 5.94. The summed E-state index contributed by atoms with van der Waals surface area (Å²) in [5.74, 6) is 1.33. The van der Waals surface area contributed by atoms with Gasteiger partial charge in [-0.25, -0.2) is 0 Å². The lowest BCUT2D eigenvalue weighted by Crippen LogP contribution is -2.30. The van der Waals surface area contributed by atoms with Gasteiger partial charge in [0.25, 0.3) is 5.91 Å². The van der Waals surface area contributed by atoms with Crippen LogP contribution in [-0.2, 0) is 17.6 Å². The number of carbonyl (C=O) groups is 1. The molecule has 2 aromatic rings. The molecule has 4 nitrogen and oxygen atoms in total. The zero-order valence-corrected chi connectivity index (χ0v) is 15.2. The first-order chi connectivity index (χ1) is 12.7. The van der Waals surface area contributed by atoms with Gasteiger partial charge in [0.2, 0.25) is 0 Å². The van der Waals surface area contributed by atoms with E-state index in [2.05, 4.69) is 18.0 Å². The lowest BCUT2D eigenvalue weighted by molar-refractivity contribution is -0.122. The molecule has 1 atom stereocenters. The van der Waals surface area contributed by atoms with Crippen LogP contribution >= 0.6 is 0 Å². The minimum absolute atomic E-state index is 0.181. The Hall–Kier alpha value is -2.75. The third-order valence-electron chi connectivity index (χ3n) is 4.50. The quantitative estimate of drug-likeness (QED) is 0.745. The molecule has 0 saturated heterocycles. The smallest absolute Gasteiger partial charge is 0.265 e. The molecule has 0 radical (unpaired) electrons. The Balaban J connectivity index is 1.64. The Morgan fingerprint density at radius 3 is 2.88 bits per heavy atom. The first-order valence-corrected chi connectivity index (χ1v) is 9.09. The van der Waals surface area contributed by atoms with Gasteiger partial charge in [0.15, 0.2) is 6.10 Å². The number of hydrogen-bond donors (Lipinski definition) is 1. The number of nitrogens with one attached hydrogen (secondary N) is 1. The Morgan fingerprint density at radius 1 is 1.23 bits per heavy atom. The van der Waals surface area contributed by atoms with E-state index < -0.39 is 6.10 Å². The van der Waals surface area contributed by atoms with Crippen LogP contribution in [0.5, 0.6) is 11.5 Å². The molecule has 1 aliphatic carbocycles. The van der Waals surface area contributed by atoms with Crippen LogP contribution in [0.25, 0.3) is 0 Å². The normalized spacial score (nSPS) is 14.0. The van der Waals surface area contributed by atoms with Gasteiger partial charge in [0.05, 0.1) is 0 Å². The second kappa shape index (κ2) is 8.56. The molecule has 1 N–H and O–H groups in total. The maximum atomic E-state index is 12.5. The van der Waals surface area contributed by atoms with E-state index in [0.29, 0.717) is 18.0 Å². The summed E-state index contributed by atoms with van der Waals surface area (Å²) in [7, 11) is 0. The number of hydrogen-bond acceptors (Lipinski definition) is 3. The zero-order chi connectivity index (χ0) is 18.4. The van der Waals surface area contributed by atoms with E-state index in [4.69, 9.17) is 9.47 Å². The standard InChI is InChI=1S/C22H25NO3/c1-3-14-25-19-11-7-10-18(15-19)23-22(24)16(2)26-21-13-6-9-17-8-4-5-12-20(17)21/h3,6-7,9-11,13,15-16H,1,4-5,8,12,14H2,2H3,(H,23,24). The van der Waals surface area contributed by atoms with Crippen molar-refractivity contribution < 1.29 is 14.3 Å². The highest BCUT2D eigenvalue weighted by Gasteiger charge is 2.19. The second-order valence-corrected chi connectivity index (χ2v) is 6.48. The molecule has 0 bridgehead atoms. The van der Waals surface area contributed by atoms with E-state index in [1.807, 2.05) is 30.3 Å². The van der Waals surface area contributed by atoms with Gasteiger partial charge >= 0.3 is 0 Å². The summed E-state index contributed by atoms with van der Waals surface area (Å²) < 4.78 is 11.5. The number of carbonyl (C=O) groups excluding carboxylic acids is 1. The summed E-state index contributed by atoms with van der Waals surface area (Å²) in [4.78, 5) is 12.5. The lowest BCUT2D eigenvalue weighted by atomic mass is 9.91. The molecule has 1 amide bonds. The van der Waals surface area contributed by atoms with Crippen LogP contribution in [0.15, 0.2) is 55.1 Å². The largest absolute Gasteiger partial charge is 0.489 e. The topological polar surface area (TPSA) is 47.6 Å². The molecule has 0 spiro atoms. The molecule has 136 valence electrons. The van der Waals surface area contributed by atoms with Gasteiger partial charge in [-0.1, -0.05) is 30.9 Å². The molecule has 1 unspecified atom stereocenters. The highest BCUT2D eigenvalue weighted by Crippen LogP contribution is 2.30. The fourth-order valence-corrected chi connectivity index (χ4v) is 3.16. The lowest BCUT2D eigenvalue weighted by Gasteiger charge is -2.22. The molecule has 4 heteroatoms. The van der Waals surface area contributed by atoms with Crippen LogP contribution < -0.4 is 14.8 Å². The van der Waals surface area contributed by atoms with E-state index in [-0.39, 0.29) is 5.91 Å². The number of aryl methyl sites for hydroxylation is 1. The second-order valence-electron chi connectivity index (χ2n) is 6.48. The number of anilines is 1. The van der Waals surface area contributed by atoms with Gasteiger partial charge < -0.3 is 14.8 Å². The molecular weight excluding hydrogens is 326 g/mol. The molecule has 0 aliphatic heterocycles. The highest BCUT2D eigenvalue weighted by atomic mass is 16.5. The van der Waals surface area contributed by atoms with Gasteiger partial charge in [-0.3, -0.25) is 4.79 Å². The SMILES string of the molecule is C=CCOc1cccc(NC(=O)C(C)Oc2cccc3c2CCCC3)c1. The fraction of sp³-hybridized carbons (Fsp3) is 0.318. The van der Waals surface area contributed by atoms with Crippen LogP contribution in [0.3, 0.4) is 0 Å². The minimum Gasteiger partial charge on any atom is -0.489 e. The van der Waals surface area contributed by atoms with Gasteiger partial charge in [-0.2, -0.15) is 0 Å². The molecule has 0 fully saturated rings. The van der Waals surface area contributed by atoms with E-state index in [9.17, 15) is 4.79 Å². The van der Waals surface area contributed by atoms with Gasteiger partial charge in [0.1, 0.15) is 18.1 Å². The van der Waals surface area contributed by atoms with Crippen molar-refractivity contribution >= 4 is 11.6 Å². The maximum absolute atomic E-state index is 12.5. The Bertz CT molecular complexity index is 785. The third-order valence-corrected chi connectivity index (χ3v) is 4.50. The van der Waals surface area contributed by atoms with Gasteiger partial charge in [0, 0.05) is 11.8 Å². The van der Waals surface area contributed by atoms with Crippen LogP contribution in [-0.4, -0.2) is 18.6 Å². The summed E-state index contributed by atoms with van der Waals surface area (Å²) in [6.07, 6.45) is 5.60. The van der Waals surface area contributed by atoms with E-state index in [1.54, 1.807) is 19.1 Å². The zero-order valence-electron chi connectivity index (χ0n) is 15.2. The third kappa shape index (κ3) is 4.45.